The van der Waals surface area contributed by atoms with Gasteiger partial charge >= 0.3 is 0 Å². The van der Waals surface area contributed by atoms with Gasteiger partial charge in [0.25, 0.3) is 0 Å². The van der Waals surface area contributed by atoms with Crippen LogP contribution in [0.5, 0.6) is 0 Å². The molecule has 0 bridgehead atoms. The molecular formula is C13H11BrClFN2O2S. The number of sulfonamides is 1. The minimum Gasteiger partial charge on any atom is -0.380 e. The molecule has 0 heterocycles. The Kier molecular flexibility index (Phi) is 4.88. The number of halogens is 3. The third kappa shape index (κ3) is 4.16. The number of anilines is 1. The molecule has 0 atom stereocenters. The van der Waals surface area contributed by atoms with E-state index < -0.39 is 10.0 Å². The van der Waals surface area contributed by atoms with E-state index in [9.17, 15) is 12.8 Å². The summed E-state index contributed by atoms with van der Waals surface area (Å²) in [5.74, 6) is -0.347. The molecule has 0 spiro atoms. The first-order valence-corrected chi connectivity index (χ1v) is 8.49. The van der Waals surface area contributed by atoms with Crippen molar-refractivity contribution in [2.45, 2.75) is 11.4 Å². The van der Waals surface area contributed by atoms with E-state index in [2.05, 4.69) is 21.2 Å². The zero-order valence-electron chi connectivity index (χ0n) is 10.6. The first kappa shape index (κ1) is 16.2. The van der Waals surface area contributed by atoms with Gasteiger partial charge in [-0.1, -0.05) is 33.6 Å². The van der Waals surface area contributed by atoms with Crippen molar-refractivity contribution < 1.29 is 12.8 Å². The monoisotopic (exact) mass is 392 g/mol. The first-order chi connectivity index (χ1) is 9.77. The molecule has 0 aliphatic heterocycles. The van der Waals surface area contributed by atoms with Gasteiger partial charge in [0.2, 0.25) is 10.0 Å². The van der Waals surface area contributed by atoms with Crippen LogP contribution in [0, 0.1) is 5.82 Å². The molecule has 2 aromatic rings. The summed E-state index contributed by atoms with van der Waals surface area (Å²) in [6, 6.07) is 8.43. The van der Waals surface area contributed by atoms with Gasteiger partial charge in [-0.15, -0.1) is 0 Å². The van der Waals surface area contributed by atoms with Crippen LogP contribution in [0.4, 0.5) is 10.1 Å². The molecule has 0 fully saturated rings. The fraction of sp³-hybridized carbons (Fsp3) is 0.0769. The van der Waals surface area contributed by atoms with E-state index in [1.807, 2.05) is 0 Å². The summed E-state index contributed by atoms with van der Waals surface area (Å²) >= 11 is 9.26. The summed E-state index contributed by atoms with van der Waals surface area (Å²) in [6.07, 6.45) is 0. The number of nitrogens with two attached hydrogens (primary N) is 1. The highest BCUT2D eigenvalue weighted by Crippen LogP contribution is 2.26. The second kappa shape index (κ2) is 6.31. The summed E-state index contributed by atoms with van der Waals surface area (Å²) in [6.45, 7) is 0.342. The van der Waals surface area contributed by atoms with Gasteiger partial charge < -0.3 is 5.32 Å². The molecule has 21 heavy (non-hydrogen) atoms. The molecule has 8 heteroatoms. The van der Waals surface area contributed by atoms with Crippen LogP contribution in [0.3, 0.4) is 0 Å². The highest BCUT2D eigenvalue weighted by atomic mass is 79.9. The summed E-state index contributed by atoms with van der Waals surface area (Å²) < 4.78 is 36.3. The van der Waals surface area contributed by atoms with Gasteiger partial charge in [0.05, 0.1) is 15.6 Å². The quantitative estimate of drug-likeness (QED) is 0.835. The minimum atomic E-state index is -3.80. The molecule has 112 valence electrons. The summed E-state index contributed by atoms with van der Waals surface area (Å²) in [5.41, 5.74) is 1.23. The molecule has 2 aromatic carbocycles. The SMILES string of the molecule is NS(=O)(=O)c1ccc(Cl)c(NCc2ccc(F)cc2Br)c1. The molecule has 0 aliphatic carbocycles. The zero-order chi connectivity index (χ0) is 15.6. The van der Waals surface area contributed by atoms with Gasteiger partial charge in [-0.2, -0.15) is 0 Å². The van der Waals surface area contributed by atoms with Crippen LogP contribution < -0.4 is 10.5 Å². The van der Waals surface area contributed by atoms with Gasteiger partial charge in [-0.3, -0.25) is 0 Å². The van der Waals surface area contributed by atoms with E-state index in [1.165, 1.54) is 30.3 Å². The van der Waals surface area contributed by atoms with Crippen LogP contribution in [0.2, 0.25) is 5.02 Å². The second-order valence-electron chi connectivity index (χ2n) is 4.28. The Morgan fingerprint density at radius 1 is 1.24 bits per heavy atom. The number of rotatable bonds is 4. The molecule has 0 saturated carbocycles. The van der Waals surface area contributed by atoms with Crippen LogP contribution in [-0.4, -0.2) is 8.42 Å². The molecule has 0 aliphatic rings. The average Bonchev–Trinajstić information content (AvgIpc) is 2.38. The van der Waals surface area contributed by atoms with Crippen molar-refractivity contribution in [3.8, 4) is 0 Å². The van der Waals surface area contributed by atoms with Crippen molar-refractivity contribution in [1.29, 1.82) is 0 Å². The number of primary sulfonamides is 1. The Balaban J connectivity index is 2.23. The minimum absolute atomic E-state index is 0.0347. The van der Waals surface area contributed by atoms with Gasteiger partial charge in [-0.25, -0.2) is 17.9 Å². The highest BCUT2D eigenvalue weighted by Gasteiger charge is 2.11. The molecule has 3 N–H and O–H groups in total. The fourth-order valence-electron chi connectivity index (χ4n) is 1.67. The number of hydrogen-bond donors (Lipinski definition) is 2. The lowest BCUT2D eigenvalue weighted by Gasteiger charge is -2.11. The van der Waals surface area contributed by atoms with E-state index in [1.54, 1.807) is 6.07 Å². The lowest BCUT2D eigenvalue weighted by molar-refractivity contribution is 0.598. The summed E-state index contributed by atoms with van der Waals surface area (Å²) in [5, 5.41) is 8.44. The Morgan fingerprint density at radius 3 is 2.57 bits per heavy atom. The van der Waals surface area contributed by atoms with Crippen molar-refractivity contribution in [1.82, 2.24) is 0 Å². The standard InChI is InChI=1S/C13H11BrClFN2O2S/c14-11-5-9(16)2-1-8(11)7-18-13-6-10(21(17,19)20)3-4-12(13)15/h1-6,18H,7H2,(H2,17,19,20). The second-order valence-corrected chi connectivity index (χ2v) is 7.10. The number of benzene rings is 2. The summed E-state index contributed by atoms with van der Waals surface area (Å²) in [7, 11) is -3.80. The topological polar surface area (TPSA) is 72.2 Å². The molecule has 0 radical (unpaired) electrons. The molecule has 2 rings (SSSR count). The van der Waals surface area contributed by atoms with Gasteiger partial charge in [0.15, 0.2) is 0 Å². The number of hydrogen-bond acceptors (Lipinski definition) is 3. The van der Waals surface area contributed by atoms with Crippen molar-refractivity contribution in [3.05, 3.63) is 57.3 Å². The van der Waals surface area contributed by atoms with Crippen LogP contribution in [-0.2, 0) is 16.6 Å². The first-order valence-electron chi connectivity index (χ1n) is 5.77. The third-order valence-corrected chi connectivity index (χ3v) is 4.73. The number of nitrogens with one attached hydrogen (secondary N) is 1. The van der Waals surface area contributed by atoms with Gasteiger partial charge in [0, 0.05) is 11.0 Å². The van der Waals surface area contributed by atoms with Crippen LogP contribution in [0.25, 0.3) is 0 Å². The van der Waals surface area contributed by atoms with Gasteiger partial charge in [-0.05, 0) is 35.9 Å². The molecule has 0 unspecified atom stereocenters. The van der Waals surface area contributed by atoms with E-state index in [0.717, 1.165) is 5.56 Å². The van der Waals surface area contributed by atoms with Crippen molar-refractivity contribution in [2.75, 3.05) is 5.32 Å². The maximum Gasteiger partial charge on any atom is 0.238 e. The van der Waals surface area contributed by atoms with E-state index in [4.69, 9.17) is 16.7 Å². The smallest absolute Gasteiger partial charge is 0.238 e. The molecule has 0 saturated heterocycles. The van der Waals surface area contributed by atoms with E-state index >= 15 is 0 Å². The lowest BCUT2D eigenvalue weighted by atomic mass is 10.2. The van der Waals surface area contributed by atoms with Crippen molar-refractivity contribution in [2.24, 2.45) is 5.14 Å². The zero-order valence-corrected chi connectivity index (χ0v) is 13.8. The predicted octanol–water partition coefficient (Wildman–Crippen LogP) is 3.50. The van der Waals surface area contributed by atoms with Crippen molar-refractivity contribution in [3.63, 3.8) is 0 Å². The van der Waals surface area contributed by atoms with Crippen LogP contribution in [0.1, 0.15) is 5.56 Å². The van der Waals surface area contributed by atoms with Gasteiger partial charge in [0.1, 0.15) is 5.82 Å². The average molecular weight is 394 g/mol. The normalized spacial score (nSPS) is 11.4. The maximum absolute atomic E-state index is 13.0. The molecule has 4 nitrogen and oxygen atoms in total. The third-order valence-electron chi connectivity index (χ3n) is 2.75. The molecule has 0 aromatic heterocycles. The summed E-state index contributed by atoms with van der Waals surface area (Å²) in [4.78, 5) is -0.0347. The Bertz CT molecular complexity index is 784. The maximum atomic E-state index is 13.0. The van der Waals surface area contributed by atoms with Crippen LogP contribution >= 0.6 is 27.5 Å². The fourth-order valence-corrected chi connectivity index (χ4v) is 2.89. The largest absolute Gasteiger partial charge is 0.380 e. The molecule has 0 amide bonds. The molecular weight excluding hydrogens is 383 g/mol. The van der Waals surface area contributed by atoms with E-state index in [0.29, 0.717) is 21.7 Å². The lowest BCUT2D eigenvalue weighted by Crippen LogP contribution is -2.12. The van der Waals surface area contributed by atoms with Crippen molar-refractivity contribution >= 4 is 43.2 Å². The predicted molar refractivity (Wildman–Crippen MR) is 84.3 cm³/mol. The van der Waals surface area contributed by atoms with Crippen LogP contribution in [0.15, 0.2) is 45.8 Å². The Labute approximate surface area is 135 Å². The Morgan fingerprint density at radius 2 is 1.95 bits per heavy atom. The highest BCUT2D eigenvalue weighted by molar-refractivity contribution is 9.10. The van der Waals surface area contributed by atoms with E-state index in [-0.39, 0.29) is 10.7 Å². The Hall–Kier alpha value is -1.15.